The van der Waals surface area contributed by atoms with Crippen LogP contribution in [0.4, 0.5) is 15.1 Å². The predicted octanol–water partition coefficient (Wildman–Crippen LogP) is 2.85. The summed E-state index contributed by atoms with van der Waals surface area (Å²) in [5.41, 5.74) is 1.14. The van der Waals surface area contributed by atoms with Crippen LogP contribution in [0.2, 0.25) is 0 Å². The molecule has 0 radical (unpaired) electrons. The molecule has 1 aliphatic heterocycles. The number of amides is 2. The van der Waals surface area contributed by atoms with Gasteiger partial charge in [0, 0.05) is 36.6 Å². The van der Waals surface area contributed by atoms with E-state index < -0.39 is 11.9 Å². The maximum Gasteiger partial charge on any atom is 0.290 e. The van der Waals surface area contributed by atoms with Crippen molar-refractivity contribution in [1.29, 1.82) is 0 Å². The number of anilines is 1. The number of halogens is 1. The summed E-state index contributed by atoms with van der Waals surface area (Å²) in [5, 5.41) is 8.60. The van der Waals surface area contributed by atoms with Crippen LogP contribution in [0.25, 0.3) is 6.08 Å². The largest absolute Gasteiger partial charge is 0.351 e. The number of nitrogens with one attached hydrogen (secondary N) is 3. The first-order valence-corrected chi connectivity index (χ1v) is 10.6. The highest BCUT2D eigenvalue weighted by Crippen LogP contribution is 2.25. The Hall–Kier alpha value is -2.85. The average molecular weight is 428 g/mol. The lowest BCUT2D eigenvalue weighted by atomic mass is 9.91. The molecule has 30 heavy (non-hydrogen) atoms. The first-order valence-electron chi connectivity index (χ1n) is 9.74. The Morgan fingerprint density at radius 1 is 1.13 bits per heavy atom. The van der Waals surface area contributed by atoms with E-state index in [1.54, 1.807) is 30.5 Å². The van der Waals surface area contributed by atoms with Crippen LogP contribution in [0, 0.1) is 5.95 Å². The van der Waals surface area contributed by atoms with Gasteiger partial charge in [0.05, 0.1) is 10.6 Å². The van der Waals surface area contributed by atoms with E-state index >= 15 is 0 Å². The molecule has 0 atom stereocenters. The van der Waals surface area contributed by atoms with Gasteiger partial charge in [-0.1, -0.05) is 6.07 Å². The van der Waals surface area contributed by atoms with E-state index in [0.29, 0.717) is 34.7 Å². The molecule has 0 unspecified atom stereocenters. The fourth-order valence-electron chi connectivity index (χ4n) is 3.51. The predicted molar refractivity (Wildman–Crippen MR) is 112 cm³/mol. The molecule has 1 saturated carbocycles. The highest BCUT2D eigenvalue weighted by Gasteiger charge is 2.25. The lowest BCUT2D eigenvalue weighted by molar-refractivity contribution is -0.115. The molecule has 0 spiro atoms. The van der Waals surface area contributed by atoms with Crippen molar-refractivity contribution in [3.05, 3.63) is 52.7 Å². The minimum absolute atomic E-state index is 0.242. The van der Waals surface area contributed by atoms with Crippen molar-refractivity contribution in [1.82, 2.24) is 25.6 Å². The average Bonchev–Trinajstić information content (AvgIpc) is 3.05. The van der Waals surface area contributed by atoms with E-state index in [0.717, 1.165) is 37.4 Å². The Morgan fingerprint density at radius 2 is 1.93 bits per heavy atom. The van der Waals surface area contributed by atoms with Crippen molar-refractivity contribution in [2.24, 2.45) is 0 Å². The summed E-state index contributed by atoms with van der Waals surface area (Å²) in [6.07, 6.45) is 8.45. The number of imide groups is 1. The SMILES string of the molecule is O=C1NC(=O)C(=Cc2ccnc(NC3CCC(NCc4cccnc4F)CC3)n2)S1. The quantitative estimate of drug-likeness (QED) is 0.476. The summed E-state index contributed by atoms with van der Waals surface area (Å²) in [6, 6.07) is 5.74. The van der Waals surface area contributed by atoms with Gasteiger partial charge < -0.3 is 10.6 Å². The van der Waals surface area contributed by atoms with Gasteiger partial charge in [-0.15, -0.1) is 0 Å². The first kappa shape index (κ1) is 20.4. The number of rotatable bonds is 6. The molecule has 0 bridgehead atoms. The Bertz CT molecular complexity index is 977. The Morgan fingerprint density at radius 3 is 2.67 bits per heavy atom. The monoisotopic (exact) mass is 428 g/mol. The van der Waals surface area contributed by atoms with Crippen molar-refractivity contribution in [2.45, 2.75) is 44.3 Å². The van der Waals surface area contributed by atoms with Gasteiger partial charge in [-0.05, 0) is 55.7 Å². The van der Waals surface area contributed by atoms with Gasteiger partial charge in [0.25, 0.3) is 11.1 Å². The molecule has 3 heterocycles. The normalized spacial score (nSPS) is 22.9. The van der Waals surface area contributed by atoms with Crippen LogP contribution in [-0.2, 0) is 11.3 Å². The molecule has 2 aromatic heterocycles. The summed E-state index contributed by atoms with van der Waals surface area (Å²) < 4.78 is 13.6. The van der Waals surface area contributed by atoms with Crippen molar-refractivity contribution >= 4 is 34.9 Å². The lowest BCUT2D eigenvalue weighted by Gasteiger charge is -2.29. The molecular formula is C20H21FN6O2S. The van der Waals surface area contributed by atoms with Crippen molar-refractivity contribution < 1.29 is 14.0 Å². The van der Waals surface area contributed by atoms with Crippen LogP contribution in [0.5, 0.6) is 0 Å². The van der Waals surface area contributed by atoms with Crippen molar-refractivity contribution in [3.8, 4) is 0 Å². The van der Waals surface area contributed by atoms with E-state index in [-0.39, 0.29) is 11.3 Å². The molecule has 10 heteroatoms. The fraction of sp³-hybridized carbons (Fsp3) is 0.350. The molecule has 1 saturated heterocycles. The Balaban J connectivity index is 1.28. The summed E-state index contributed by atoms with van der Waals surface area (Å²) in [7, 11) is 0. The van der Waals surface area contributed by atoms with Gasteiger partial charge in [-0.25, -0.2) is 15.0 Å². The van der Waals surface area contributed by atoms with Crippen LogP contribution < -0.4 is 16.0 Å². The molecule has 4 rings (SSSR count). The fourth-order valence-corrected chi connectivity index (χ4v) is 4.17. The zero-order valence-electron chi connectivity index (χ0n) is 16.1. The third-order valence-electron chi connectivity index (χ3n) is 5.08. The minimum Gasteiger partial charge on any atom is -0.351 e. The van der Waals surface area contributed by atoms with E-state index in [1.165, 1.54) is 6.20 Å². The molecule has 2 amide bonds. The maximum absolute atomic E-state index is 13.6. The number of carbonyl (C=O) groups is 2. The number of hydrogen-bond donors (Lipinski definition) is 3. The highest BCUT2D eigenvalue weighted by atomic mass is 32.2. The van der Waals surface area contributed by atoms with E-state index in [4.69, 9.17) is 0 Å². The van der Waals surface area contributed by atoms with Crippen molar-refractivity contribution in [3.63, 3.8) is 0 Å². The molecule has 1 aliphatic carbocycles. The van der Waals surface area contributed by atoms with Gasteiger partial charge in [0.1, 0.15) is 0 Å². The second-order valence-corrected chi connectivity index (χ2v) is 8.20. The number of thioether (sulfide) groups is 1. The molecule has 8 nitrogen and oxygen atoms in total. The molecular weight excluding hydrogens is 407 g/mol. The molecule has 156 valence electrons. The molecule has 3 N–H and O–H groups in total. The second kappa shape index (κ2) is 9.31. The third kappa shape index (κ3) is 5.19. The zero-order valence-corrected chi connectivity index (χ0v) is 16.9. The molecule has 2 fully saturated rings. The number of hydrogen-bond acceptors (Lipinski definition) is 8. The second-order valence-electron chi connectivity index (χ2n) is 7.18. The third-order valence-corrected chi connectivity index (χ3v) is 5.89. The first-order chi connectivity index (χ1) is 14.6. The van der Waals surface area contributed by atoms with Gasteiger partial charge in [-0.2, -0.15) is 4.39 Å². The van der Waals surface area contributed by atoms with Gasteiger partial charge >= 0.3 is 0 Å². The van der Waals surface area contributed by atoms with Gasteiger partial charge in [0.2, 0.25) is 11.9 Å². The maximum atomic E-state index is 13.6. The van der Waals surface area contributed by atoms with Crippen LogP contribution in [0.15, 0.2) is 35.5 Å². The van der Waals surface area contributed by atoms with Crippen LogP contribution >= 0.6 is 11.8 Å². The van der Waals surface area contributed by atoms with Gasteiger partial charge in [-0.3, -0.25) is 14.9 Å². The smallest absolute Gasteiger partial charge is 0.290 e. The summed E-state index contributed by atoms with van der Waals surface area (Å²) in [5.74, 6) is -0.340. The molecule has 2 aliphatic rings. The lowest BCUT2D eigenvalue weighted by Crippen LogP contribution is -2.37. The van der Waals surface area contributed by atoms with Crippen LogP contribution in [-0.4, -0.2) is 38.2 Å². The molecule has 2 aromatic rings. The van der Waals surface area contributed by atoms with Crippen LogP contribution in [0.3, 0.4) is 0 Å². The number of nitrogens with zero attached hydrogens (tertiary/aromatic N) is 3. The molecule has 0 aromatic carbocycles. The number of carbonyl (C=O) groups excluding carboxylic acids is 2. The van der Waals surface area contributed by atoms with E-state index in [2.05, 4.69) is 30.9 Å². The Kier molecular flexibility index (Phi) is 6.34. The van der Waals surface area contributed by atoms with Crippen molar-refractivity contribution in [2.75, 3.05) is 5.32 Å². The van der Waals surface area contributed by atoms with E-state index in [1.807, 2.05) is 0 Å². The topological polar surface area (TPSA) is 109 Å². The van der Waals surface area contributed by atoms with Crippen LogP contribution in [0.1, 0.15) is 36.9 Å². The standard InChI is InChI=1S/C20H21FN6O2S/c21-17-12(2-1-8-22-17)11-24-13-3-5-14(6-4-13)25-19-23-9-7-15(26-19)10-16-18(28)27-20(29)30-16/h1-2,7-10,13-14,24H,3-6,11H2,(H,23,25,26)(H,27,28,29). The minimum atomic E-state index is -0.426. The summed E-state index contributed by atoms with van der Waals surface area (Å²) >= 11 is 0.860. The summed E-state index contributed by atoms with van der Waals surface area (Å²) in [4.78, 5) is 35.6. The summed E-state index contributed by atoms with van der Waals surface area (Å²) in [6.45, 7) is 0.469. The Labute approximate surface area is 177 Å². The van der Waals surface area contributed by atoms with Gasteiger partial charge in [0.15, 0.2) is 0 Å². The highest BCUT2D eigenvalue weighted by molar-refractivity contribution is 8.18. The zero-order chi connectivity index (χ0) is 20.9. The van der Waals surface area contributed by atoms with E-state index in [9.17, 15) is 14.0 Å². The number of pyridine rings is 1. The number of aromatic nitrogens is 3.